The van der Waals surface area contributed by atoms with Crippen LogP contribution >= 0.6 is 0 Å². The van der Waals surface area contributed by atoms with Crippen LogP contribution in [0, 0.1) is 0 Å². The minimum atomic E-state index is -0.833. The number of carbonyl (C=O) groups excluding carboxylic acids is 1. The molecule has 2 fully saturated rings. The number of nitrogens with one attached hydrogen (secondary N) is 2. The molecule has 100 valence electrons. The molecule has 0 saturated carbocycles. The van der Waals surface area contributed by atoms with Crippen LogP contribution in [-0.4, -0.2) is 43.8 Å². The van der Waals surface area contributed by atoms with E-state index in [4.69, 9.17) is 14.3 Å². The van der Waals surface area contributed by atoms with Crippen LogP contribution in [0.3, 0.4) is 0 Å². The van der Waals surface area contributed by atoms with Gasteiger partial charge in [-0.2, -0.15) is 0 Å². The first-order valence-corrected chi connectivity index (χ1v) is 5.80. The smallest absolute Gasteiger partial charge is 0.309 e. The Morgan fingerprint density at radius 2 is 1.47 bits per heavy atom. The van der Waals surface area contributed by atoms with Gasteiger partial charge in [0.15, 0.2) is 0 Å². The Hall–Kier alpha value is -0.890. The molecule has 0 aromatic carbocycles. The number of hydrogen-bond acceptors (Lipinski definition) is 5. The van der Waals surface area contributed by atoms with Crippen LogP contribution in [0.15, 0.2) is 0 Å². The quantitative estimate of drug-likeness (QED) is 0.503. The number of urea groups is 1. The molecule has 2 aliphatic rings. The van der Waals surface area contributed by atoms with Gasteiger partial charge < -0.3 is 20.9 Å². The average molecular weight is 246 g/mol. The van der Waals surface area contributed by atoms with Crippen molar-refractivity contribution in [3.05, 3.63) is 0 Å². The minimum absolute atomic E-state index is 0.165. The van der Waals surface area contributed by atoms with Crippen molar-refractivity contribution in [2.24, 2.45) is 11.5 Å². The van der Waals surface area contributed by atoms with E-state index >= 15 is 0 Å². The van der Waals surface area contributed by atoms with Gasteiger partial charge in [-0.05, 0) is 13.8 Å². The van der Waals surface area contributed by atoms with Gasteiger partial charge in [-0.3, -0.25) is 10.6 Å². The van der Waals surface area contributed by atoms with Crippen LogP contribution in [0.4, 0.5) is 4.79 Å². The van der Waals surface area contributed by atoms with Crippen LogP contribution < -0.4 is 22.1 Å². The Labute approximate surface area is 101 Å². The molecule has 0 aromatic heterocycles. The van der Waals surface area contributed by atoms with Crippen LogP contribution in [0.5, 0.6) is 0 Å². The van der Waals surface area contributed by atoms with Crippen molar-refractivity contribution in [2.45, 2.75) is 44.9 Å². The number of ether oxygens (including phenoxy) is 2. The van der Waals surface area contributed by atoms with E-state index in [-0.39, 0.29) is 12.5 Å². The van der Waals surface area contributed by atoms with Crippen LogP contribution in [0.25, 0.3) is 0 Å². The highest BCUT2D eigenvalue weighted by atomic mass is 16.5. The molecule has 7 heteroatoms. The van der Waals surface area contributed by atoms with Gasteiger partial charge in [-0.25, -0.2) is 4.79 Å². The average Bonchev–Trinajstić information content (AvgIpc) is 2.76. The maximum absolute atomic E-state index is 9.00. The van der Waals surface area contributed by atoms with Crippen LogP contribution in [0.2, 0.25) is 0 Å². The normalized spacial score (nSPS) is 36.4. The van der Waals surface area contributed by atoms with Gasteiger partial charge in [0.1, 0.15) is 12.5 Å². The number of hydrogen-bond donors (Lipinski definition) is 4. The standard InChI is InChI=1S/C9H18N2O2.CH4N2O/c1-6-4-10-8(12-6)3-9-11-5-7(2)13-9;2-1(3)4/h6-11H,3-5H2,1-2H3;(H4,2,3,4). The van der Waals surface area contributed by atoms with Gasteiger partial charge >= 0.3 is 6.03 Å². The first kappa shape index (κ1) is 14.2. The molecule has 17 heavy (non-hydrogen) atoms. The van der Waals surface area contributed by atoms with Crippen molar-refractivity contribution >= 4 is 6.03 Å². The fourth-order valence-electron chi connectivity index (χ4n) is 1.82. The Balaban J connectivity index is 0.000000317. The van der Waals surface area contributed by atoms with Gasteiger partial charge in [-0.1, -0.05) is 0 Å². The molecular weight excluding hydrogens is 224 g/mol. The summed E-state index contributed by atoms with van der Waals surface area (Å²) in [6, 6.07) is -0.833. The van der Waals surface area contributed by atoms with Gasteiger partial charge in [0, 0.05) is 19.5 Å². The third-order valence-electron chi connectivity index (χ3n) is 2.49. The summed E-state index contributed by atoms with van der Waals surface area (Å²) in [6.45, 7) is 6.07. The molecule has 2 heterocycles. The van der Waals surface area contributed by atoms with Crippen LogP contribution in [0.1, 0.15) is 20.3 Å². The molecule has 4 unspecified atom stereocenters. The zero-order valence-electron chi connectivity index (χ0n) is 10.3. The Morgan fingerprint density at radius 1 is 1.12 bits per heavy atom. The van der Waals surface area contributed by atoms with E-state index in [0.29, 0.717) is 12.2 Å². The molecule has 4 atom stereocenters. The number of carbonyl (C=O) groups is 1. The van der Waals surface area contributed by atoms with Gasteiger partial charge in [0.05, 0.1) is 12.2 Å². The van der Waals surface area contributed by atoms with E-state index in [2.05, 4.69) is 35.9 Å². The summed E-state index contributed by atoms with van der Waals surface area (Å²) in [7, 11) is 0. The molecule has 6 N–H and O–H groups in total. The zero-order valence-corrected chi connectivity index (χ0v) is 10.3. The third kappa shape index (κ3) is 5.83. The summed E-state index contributed by atoms with van der Waals surface area (Å²) in [5.41, 5.74) is 8.50. The highest BCUT2D eigenvalue weighted by Crippen LogP contribution is 2.14. The number of nitrogens with two attached hydrogens (primary N) is 2. The lowest BCUT2D eigenvalue weighted by Gasteiger charge is -2.16. The van der Waals surface area contributed by atoms with E-state index in [1.807, 2.05) is 0 Å². The van der Waals surface area contributed by atoms with Crippen molar-refractivity contribution in [1.29, 1.82) is 0 Å². The Morgan fingerprint density at radius 3 is 1.71 bits per heavy atom. The summed E-state index contributed by atoms with van der Waals surface area (Å²) in [5.74, 6) is 0. The highest BCUT2D eigenvalue weighted by molar-refractivity contribution is 5.69. The molecule has 2 amide bonds. The molecule has 2 aliphatic heterocycles. The first-order valence-electron chi connectivity index (χ1n) is 5.80. The van der Waals surface area contributed by atoms with Crippen molar-refractivity contribution in [2.75, 3.05) is 13.1 Å². The number of amides is 2. The molecule has 0 bridgehead atoms. The lowest BCUT2D eigenvalue weighted by Crippen LogP contribution is -2.33. The second-order valence-electron chi connectivity index (χ2n) is 4.33. The van der Waals surface area contributed by atoms with Crippen LogP contribution in [-0.2, 0) is 9.47 Å². The number of primary amides is 2. The summed E-state index contributed by atoms with van der Waals surface area (Å²) in [4.78, 5) is 9.00. The maximum atomic E-state index is 9.00. The second kappa shape index (κ2) is 6.75. The van der Waals surface area contributed by atoms with Gasteiger partial charge in [0.2, 0.25) is 0 Å². The molecule has 7 nitrogen and oxygen atoms in total. The predicted octanol–water partition coefficient (Wildman–Crippen LogP) is -0.931. The summed E-state index contributed by atoms with van der Waals surface area (Å²) in [5, 5.41) is 6.61. The molecule has 0 aromatic rings. The SMILES string of the molecule is CC1CNC(CC2NCC(C)O2)O1.NC(N)=O. The molecule has 2 rings (SSSR count). The Kier molecular flexibility index (Phi) is 5.63. The van der Waals surface area contributed by atoms with E-state index in [9.17, 15) is 0 Å². The molecular formula is C10H22N4O3. The first-order chi connectivity index (χ1) is 7.97. The molecule has 0 radical (unpaired) electrons. The second-order valence-corrected chi connectivity index (χ2v) is 4.33. The summed E-state index contributed by atoms with van der Waals surface area (Å²) < 4.78 is 11.3. The lowest BCUT2D eigenvalue weighted by molar-refractivity contribution is -0.0153. The largest absolute Gasteiger partial charge is 0.359 e. The number of rotatable bonds is 2. The molecule has 2 saturated heterocycles. The molecule has 0 spiro atoms. The molecule has 0 aliphatic carbocycles. The highest BCUT2D eigenvalue weighted by Gasteiger charge is 2.28. The summed E-state index contributed by atoms with van der Waals surface area (Å²) >= 11 is 0. The minimum Gasteiger partial charge on any atom is -0.359 e. The summed E-state index contributed by atoms with van der Waals surface area (Å²) in [6.07, 6.45) is 1.90. The third-order valence-corrected chi connectivity index (χ3v) is 2.49. The van der Waals surface area contributed by atoms with E-state index in [1.54, 1.807) is 0 Å². The topological polar surface area (TPSA) is 112 Å². The predicted molar refractivity (Wildman–Crippen MR) is 63.1 cm³/mol. The van der Waals surface area contributed by atoms with E-state index < -0.39 is 6.03 Å². The Bertz CT molecular complexity index is 230. The van der Waals surface area contributed by atoms with Crippen molar-refractivity contribution in [3.8, 4) is 0 Å². The van der Waals surface area contributed by atoms with E-state index in [1.165, 1.54) is 0 Å². The fraction of sp³-hybridized carbons (Fsp3) is 0.900. The monoisotopic (exact) mass is 246 g/mol. The maximum Gasteiger partial charge on any atom is 0.309 e. The van der Waals surface area contributed by atoms with Gasteiger partial charge in [0.25, 0.3) is 0 Å². The fourth-order valence-corrected chi connectivity index (χ4v) is 1.82. The van der Waals surface area contributed by atoms with Gasteiger partial charge in [-0.15, -0.1) is 0 Å². The zero-order chi connectivity index (χ0) is 12.8. The van der Waals surface area contributed by atoms with Crippen molar-refractivity contribution < 1.29 is 14.3 Å². The van der Waals surface area contributed by atoms with Crippen molar-refractivity contribution in [3.63, 3.8) is 0 Å². The lowest BCUT2D eigenvalue weighted by atomic mass is 10.3. The van der Waals surface area contributed by atoms with Crippen molar-refractivity contribution in [1.82, 2.24) is 10.6 Å². The van der Waals surface area contributed by atoms with E-state index in [0.717, 1.165) is 19.5 Å².